The van der Waals surface area contributed by atoms with E-state index >= 15 is 0 Å². The maximum atomic E-state index is 9.01. The Bertz CT molecular complexity index is 343. The third-order valence-electron chi connectivity index (χ3n) is 3.32. The lowest BCUT2D eigenvalue weighted by Gasteiger charge is -2.24. The Morgan fingerprint density at radius 1 is 1.21 bits per heavy atom. The number of nitrogens with zero attached hydrogens (tertiary/aromatic N) is 1. The molecule has 0 amide bonds. The molecular formula is C15H25ClN2O. The van der Waals surface area contributed by atoms with Gasteiger partial charge in [0, 0.05) is 24.2 Å². The number of hydrogen-bond donors (Lipinski definition) is 2. The highest BCUT2D eigenvalue weighted by molar-refractivity contribution is 6.30. The number of likely N-dealkylation sites (N-methyl/N-ethyl adjacent to an activating group) is 1. The van der Waals surface area contributed by atoms with Crippen LogP contribution in [0, 0.1) is 0 Å². The zero-order valence-corrected chi connectivity index (χ0v) is 12.7. The predicted molar refractivity (Wildman–Crippen MR) is 81.7 cm³/mol. The van der Waals surface area contributed by atoms with Gasteiger partial charge in [-0.2, -0.15) is 0 Å². The molecule has 0 radical (unpaired) electrons. The van der Waals surface area contributed by atoms with E-state index in [1.54, 1.807) is 0 Å². The zero-order chi connectivity index (χ0) is 14.1. The summed E-state index contributed by atoms with van der Waals surface area (Å²) in [5, 5.41) is 13.3. The Morgan fingerprint density at radius 2 is 1.89 bits per heavy atom. The van der Waals surface area contributed by atoms with Crippen molar-refractivity contribution >= 4 is 11.6 Å². The summed E-state index contributed by atoms with van der Waals surface area (Å²) in [5.41, 5.74) is 1.27. The molecule has 0 aliphatic carbocycles. The molecule has 1 rings (SSSR count). The van der Waals surface area contributed by atoms with Crippen molar-refractivity contribution in [2.24, 2.45) is 0 Å². The monoisotopic (exact) mass is 284 g/mol. The van der Waals surface area contributed by atoms with Crippen molar-refractivity contribution in [3.8, 4) is 0 Å². The van der Waals surface area contributed by atoms with Gasteiger partial charge in [0.25, 0.3) is 0 Å². The van der Waals surface area contributed by atoms with Crippen molar-refractivity contribution in [2.45, 2.75) is 26.3 Å². The molecule has 0 aliphatic rings. The van der Waals surface area contributed by atoms with E-state index in [4.69, 9.17) is 16.7 Å². The lowest BCUT2D eigenvalue weighted by Crippen LogP contribution is -2.31. The van der Waals surface area contributed by atoms with E-state index in [0.717, 1.165) is 37.6 Å². The Balaban J connectivity index is 2.59. The molecule has 0 saturated heterocycles. The molecule has 0 aromatic heterocycles. The molecule has 2 N–H and O–H groups in total. The van der Waals surface area contributed by atoms with Crippen LogP contribution in [0.25, 0.3) is 0 Å². The number of hydrogen-bond acceptors (Lipinski definition) is 3. The third kappa shape index (κ3) is 5.91. The molecule has 0 fully saturated rings. The highest BCUT2D eigenvalue weighted by atomic mass is 35.5. The SMILES string of the molecule is CCNC(CCN(CC)CCO)c1ccc(Cl)cc1. The van der Waals surface area contributed by atoms with E-state index in [9.17, 15) is 0 Å². The molecule has 108 valence electrons. The van der Waals surface area contributed by atoms with Gasteiger partial charge in [-0.25, -0.2) is 0 Å². The molecule has 3 nitrogen and oxygen atoms in total. The number of benzene rings is 1. The summed E-state index contributed by atoms with van der Waals surface area (Å²) in [5.74, 6) is 0. The van der Waals surface area contributed by atoms with E-state index < -0.39 is 0 Å². The Labute approximate surface area is 121 Å². The second kappa shape index (κ2) is 9.32. The van der Waals surface area contributed by atoms with Gasteiger partial charge in [-0.05, 0) is 37.2 Å². The van der Waals surface area contributed by atoms with Crippen molar-refractivity contribution in [1.29, 1.82) is 0 Å². The first kappa shape index (κ1) is 16.4. The van der Waals surface area contributed by atoms with Crippen LogP contribution in [0.15, 0.2) is 24.3 Å². The first-order chi connectivity index (χ1) is 9.21. The van der Waals surface area contributed by atoms with Crippen molar-refractivity contribution < 1.29 is 5.11 Å². The van der Waals surface area contributed by atoms with Crippen LogP contribution in [0.2, 0.25) is 5.02 Å². The van der Waals surface area contributed by atoms with Crippen LogP contribution in [0.1, 0.15) is 31.9 Å². The van der Waals surface area contributed by atoms with Crippen molar-refractivity contribution in [3.05, 3.63) is 34.9 Å². The van der Waals surface area contributed by atoms with Crippen LogP contribution in [0.5, 0.6) is 0 Å². The molecule has 0 heterocycles. The highest BCUT2D eigenvalue weighted by Crippen LogP contribution is 2.19. The molecule has 0 bridgehead atoms. The van der Waals surface area contributed by atoms with Gasteiger partial charge in [0.15, 0.2) is 0 Å². The van der Waals surface area contributed by atoms with E-state index in [2.05, 4.69) is 36.2 Å². The summed E-state index contributed by atoms with van der Waals surface area (Å²) < 4.78 is 0. The fourth-order valence-electron chi connectivity index (χ4n) is 2.21. The van der Waals surface area contributed by atoms with Gasteiger partial charge in [-0.15, -0.1) is 0 Å². The first-order valence-corrected chi connectivity index (χ1v) is 7.41. The van der Waals surface area contributed by atoms with Gasteiger partial charge in [-0.3, -0.25) is 0 Å². The summed E-state index contributed by atoms with van der Waals surface area (Å²) in [6, 6.07) is 8.38. The van der Waals surface area contributed by atoms with Gasteiger partial charge < -0.3 is 15.3 Å². The molecule has 19 heavy (non-hydrogen) atoms. The molecule has 0 spiro atoms. The predicted octanol–water partition coefficient (Wildman–Crippen LogP) is 2.69. The van der Waals surface area contributed by atoms with Gasteiger partial charge in [0.2, 0.25) is 0 Å². The van der Waals surface area contributed by atoms with Crippen molar-refractivity contribution in [1.82, 2.24) is 10.2 Å². The molecule has 4 heteroatoms. The molecular weight excluding hydrogens is 260 g/mol. The third-order valence-corrected chi connectivity index (χ3v) is 3.57. The van der Waals surface area contributed by atoms with Crippen LogP contribution in [0.3, 0.4) is 0 Å². The number of rotatable bonds is 9. The summed E-state index contributed by atoms with van der Waals surface area (Å²) in [4.78, 5) is 2.26. The minimum absolute atomic E-state index is 0.223. The van der Waals surface area contributed by atoms with E-state index in [1.807, 2.05) is 12.1 Å². The second-order valence-corrected chi connectivity index (χ2v) is 5.04. The highest BCUT2D eigenvalue weighted by Gasteiger charge is 2.12. The van der Waals surface area contributed by atoms with Gasteiger partial charge in [0.05, 0.1) is 6.61 Å². The Kier molecular flexibility index (Phi) is 8.07. The molecule has 0 aliphatic heterocycles. The topological polar surface area (TPSA) is 35.5 Å². The largest absolute Gasteiger partial charge is 0.395 e. The summed E-state index contributed by atoms with van der Waals surface area (Å²) in [7, 11) is 0. The van der Waals surface area contributed by atoms with Crippen molar-refractivity contribution in [3.63, 3.8) is 0 Å². The van der Waals surface area contributed by atoms with Crippen LogP contribution < -0.4 is 5.32 Å². The van der Waals surface area contributed by atoms with Crippen LogP contribution in [0.4, 0.5) is 0 Å². The van der Waals surface area contributed by atoms with E-state index in [1.165, 1.54) is 5.56 Å². The van der Waals surface area contributed by atoms with Gasteiger partial charge in [0.1, 0.15) is 0 Å². The van der Waals surface area contributed by atoms with Crippen LogP contribution >= 0.6 is 11.6 Å². The molecule has 1 aromatic carbocycles. The molecule has 1 atom stereocenters. The number of aliphatic hydroxyl groups excluding tert-OH is 1. The maximum Gasteiger partial charge on any atom is 0.0558 e. The minimum atomic E-state index is 0.223. The first-order valence-electron chi connectivity index (χ1n) is 7.03. The zero-order valence-electron chi connectivity index (χ0n) is 11.9. The average Bonchev–Trinajstić information content (AvgIpc) is 2.43. The lowest BCUT2D eigenvalue weighted by molar-refractivity contribution is 0.195. The number of halogens is 1. The molecule has 1 aromatic rings. The molecule has 1 unspecified atom stereocenters. The quantitative estimate of drug-likeness (QED) is 0.732. The Morgan fingerprint density at radius 3 is 2.42 bits per heavy atom. The Hall–Kier alpha value is -0.610. The smallest absolute Gasteiger partial charge is 0.0558 e. The van der Waals surface area contributed by atoms with Gasteiger partial charge in [-0.1, -0.05) is 37.6 Å². The average molecular weight is 285 g/mol. The van der Waals surface area contributed by atoms with E-state index in [0.29, 0.717) is 6.04 Å². The van der Waals surface area contributed by atoms with Crippen molar-refractivity contribution in [2.75, 3.05) is 32.8 Å². The fourth-order valence-corrected chi connectivity index (χ4v) is 2.34. The summed E-state index contributed by atoms with van der Waals surface area (Å²) in [6.07, 6.45) is 1.03. The normalized spacial score (nSPS) is 12.9. The number of aliphatic hydroxyl groups is 1. The minimum Gasteiger partial charge on any atom is -0.395 e. The van der Waals surface area contributed by atoms with Crippen LogP contribution in [-0.2, 0) is 0 Å². The summed E-state index contributed by atoms with van der Waals surface area (Å²) in [6.45, 7) is 8.11. The van der Waals surface area contributed by atoms with Gasteiger partial charge >= 0.3 is 0 Å². The van der Waals surface area contributed by atoms with Crippen LogP contribution in [-0.4, -0.2) is 42.8 Å². The van der Waals surface area contributed by atoms with E-state index in [-0.39, 0.29) is 6.61 Å². The number of nitrogens with one attached hydrogen (secondary N) is 1. The molecule has 0 saturated carbocycles. The lowest BCUT2D eigenvalue weighted by atomic mass is 10.0. The maximum absolute atomic E-state index is 9.01. The second-order valence-electron chi connectivity index (χ2n) is 4.61. The summed E-state index contributed by atoms with van der Waals surface area (Å²) >= 11 is 5.93. The standard InChI is InChI=1S/C15H25ClN2O/c1-3-17-15(9-10-18(4-2)11-12-19)13-5-7-14(16)8-6-13/h5-8,15,17,19H,3-4,9-12H2,1-2H3. The fraction of sp³-hybridized carbons (Fsp3) is 0.600.